The van der Waals surface area contributed by atoms with Crippen molar-refractivity contribution in [2.45, 2.75) is 115 Å². The van der Waals surface area contributed by atoms with E-state index in [1.807, 2.05) is 13.0 Å². The summed E-state index contributed by atoms with van der Waals surface area (Å²) in [6.07, 6.45) is 0.443. The Morgan fingerprint density at radius 1 is 1.00 bits per heavy atom. The van der Waals surface area contributed by atoms with E-state index < -0.39 is 29.4 Å². The lowest BCUT2D eigenvalue weighted by Crippen LogP contribution is -2.54. The van der Waals surface area contributed by atoms with Crippen LogP contribution in [0.3, 0.4) is 0 Å². The van der Waals surface area contributed by atoms with E-state index in [0.717, 1.165) is 54.7 Å². The summed E-state index contributed by atoms with van der Waals surface area (Å²) < 4.78 is 89.5. The second kappa shape index (κ2) is 18.6. The van der Waals surface area contributed by atoms with Gasteiger partial charge in [-0.25, -0.2) is 0 Å². The Balaban J connectivity index is 1.75. The number of ether oxygens (including phenoxy) is 1. The summed E-state index contributed by atoms with van der Waals surface area (Å²) in [6.45, 7) is 7.40. The quantitative estimate of drug-likeness (QED) is 0.0692. The summed E-state index contributed by atoms with van der Waals surface area (Å²) in [6, 6.07) is 6.69. The van der Waals surface area contributed by atoms with Crippen LogP contribution in [0.5, 0.6) is 11.5 Å². The van der Waals surface area contributed by atoms with Crippen LogP contribution >= 0.6 is 0 Å². The number of carbonyl (C=O) groups excluding carboxylic acids is 2. The first kappa shape index (κ1) is 41.6. The van der Waals surface area contributed by atoms with Crippen LogP contribution in [0.15, 0.2) is 49.1 Å². The third-order valence-electron chi connectivity index (χ3n) is 9.61. The molecule has 1 aliphatic carbocycles. The van der Waals surface area contributed by atoms with E-state index in [4.69, 9.17) is 4.74 Å². The van der Waals surface area contributed by atoms with Gasteiger partial charge in [0.25, 0.3) is 11.5 Å². The van der Waals surface area contributed by atoms with Crippen molar-refractivity contribution in [3.63, 3.8) is 0 Å². The molecule has 2 aromatic rings. The minimum Gasteiger partial charge on any atom is -0.507 e. The Morgan fingerprint density at radius 2 is 1.65 bits per heavy atom. The fraction of sp³-hybridized carbons (Fsp3) is 0.538. The predicted molar refractivity (Wildman–Crippen MR) is 184 cm³/mol. The zero-order valence-corrected chi connectivity index (χ0v) is 29.3. The van der Waals surface area contributed by atoms with E-state index in [1.54, 1.807) is 25.1 Å². The number of carbonyl (C=O) groups is 2. The molecular formula is C39H49F6NO5. The number of hydrogen-bond donors (Lipinski definition) is 2. The molecule has 1 saturated carbocycles. The highest BCUT2D eigenvalue weighted by Gasteiger charge is 2.71. The number of unbranched alkanes of at least 4 members (excludes halogenated alkanes) is 1. The molecule has 1 aliphatic rings. The van der Waals surface area contributed by atoms with Gasteiger partial charge in [-0.3, -0.25) is 14.5 Å². The lowest BCUT2D eigenvalue weighted by molar-refractivity contribution is -0.376. The van der Waals surface area contributed by atoms with Gasteiger partial charge in [0, 0.05) is 29.7 Å². The Labute approximate surface area is 296 Å². The number of rotatable bonds is 18. The van der Waals surface area contributed by atoms with E-state index in [0.29, 0.717) is 44.1 Å². The Morgan fingerprint density at radius 3 is 2.20 bits per heavy atom. The number of alkyl halides is 6. The van der Waals surface area contributed by atoms with E-state index in [2.05, 4.69) is 6.58 Å². The Bertz CT molecular complexity index is 1480. The highest BCUT2D eigenvalue weighted by atomic mass is 19.4. The van der Waals surface area contributed by atoms with Gasteiger partial charge >= 0.3 is 12.4 Å². The molecule has 0 heterocycles. The van der Waals surface area contributed by atoms with Gasteiger partial charge in [-0.05, 0) is 79.3 Å². The molecule has 1 atom stereocenters. The summed E-state index contributed by atoms with van der Waals surface area (Å²) in [5.74, 6) is -0.168. The van der Waals surface area contributed by atoms with Gasteiger partial charge in [0.2, 0.25) is 6.41 Å². The number of imide groups is 1. The van der Waals surface area contributed by atoms with Crippen molar-refractivity contribution in [2.24, 2.45) is 5.92 Å². The van der Waals surface area contributed by atoms with Crippen LogP contribution in [0.1, 0.15) is 112 Å². The summed E-state index contributed by atoms with van der Waals surface area (Å²) in [5.41, 5.74) is -4.63. The predicted octanol–water partition coefficient (Wildman–Crippen LogP) is 9.71. The first-order valence-electron chi connectivity index (χ1n) is 17.6. The zero-order chi connectivity index (χ0) is 37.8. The molecule has 2 N–H and O–H groups in total. The molecule has 1 unspecified atom stereocenters. The van der Waals surface area contributed by atoms with E-state index in [-0.39, 0.29) is 60.5 Å². The molecule has 0 spiro atoms. The molecule has 1 fully saturated rings. The summed E-state index contributed by atoms with van der Waals surface area (Å²) >= 11 is 0. The third-order valence-corrected chi connectivity index (χ3v) is 9.61. The normalized spacial score (nSPS) is 15.2. The van der Waals surface area contributed by atoms with Gasteiger partial charge in [0.05, 0.1) is 6.61 Å². The number of phenolic OH excluding ortho intramolecular Hbond substituents is 1. The standard InChI is InChI=1S/C39H49F6NO5/c1-4-12-31-23-33(37(50,38(40,41)42)39(43,44)45)24-32(16-15-27-13-8-7-9-14-27)36(31)51-22-11-10-21-46(26-47)35(49)20-19-28(5-2)30-18-17-29(6-3)34(48)25-30/h6,17-20,23-28,48,50H,3-5,7-16,21-22H2,1-2H3/b20-19-. The van der Waals surface area contributed by atoms with Crippen molar-refractivity contribution in [1.82, 2.24) is 4.90 Å². The van der Waals surface area contributed by atoms with Crippen LogP contribution in [0.2, 0.25) is 0 Å². The second-order valence-corrected chi connectivity index (χ2v) is 13.2. The van der Waals surface area contributed by atoms with Crippen molar-refractivity contribution < 1.29 is 50.9 Å². The average molecular weight is 726 g/mol. The van der Waals surface area contributed by atoms with Crippen LogP contribution in [-0.2, 0) is 28.0 Å². The highest BCUT2D eigenvalue weighted by molar-refractivity contribution is 5.94. The van der Waals surface area contributed by atoms with Crippen LogP contribution in [0, 0.1) is 5.92 Å². The average Bonchev–Trinajstić information content (AvgIpc) is 3.08. The van der Waals surface area contributed by atoms with Gasteiger partial charge < -0.3 is 14.9 Å². The molecule has 2 aromatic carbocycles. The fourth-order valence-electron chi connectivity index (χ4n) is 6.63. The monoisotopic (exact) mass is 725 g/mol. The van der Waals surface area contributed by atoms with Gasteiger partial charge in [-0.2, -0.15) is 26.3 Å². The second-order valence-electron chi connectivity index (χ2n) is 13.2. The smallest absolute Gasteiger partial charge is 0.430 e. The maximum atomic E-state index is 13.9. The molecule has 2 amide bonds. The van der Waals surface area contributed by atoms with Crippen molar-refractivity contribution in [1.29, 1.82) is 0 Å². The first-order chi connectivity index (χ1) is 24.1. The molecule has 0 aromatic heterocycles. The first-order valence-corrected chi connectivity index (χ1v) is 17.6. The van der Waals surface area contributed by atoms with Gasteiger partial charge in [0.1, 0.15) is 11.5 Å². The lowest BCUT2D eigenvalue weighted by Gasteiger charge is -2.34. The molecular weight excluding hydrogens is 676 g/mol. The fourth-order valence-corrected chi connectivity index (χ4v) is 6.63. The van der Waals surface area contributed by atoms with E-state index >= 15 is 0 Å². The van der Waals surface area contributed by atoms with Crippen LogP contribution in [0.4, 0.5) is 26.3 Å². The van der Waals surface area contributed by atoms with Gasteiger partial charge in [0.15, 0.2) is 0 Å². The van der Waals surface area contributed by atoms with Crippen molar-refractivity contribution in [2.75, 3.05) is 13.2 Å². The van der Waals surface area contributed by atoms with Gasteiger partial charge in [-0.15, -0.1) is 0 Å². The van der Waals surface area contributed by atoms with Crippen LogP contribution in [-0.4, -0.2) is 52.9 Å². The number of allylic oxidation sites excluding steroid dienone is 1. The minimum absolute atomic E-state index is 0.0358. The minimum atomic E-state index is -6.01. The lowest BCUT2D eigenvalue weighted by atomic mass is 9.83. The molecule has 3 rings (SSSR count). The van der Waals surface area contributed by atoms with Crippen molar-refractivity contribution >= 4 is 18.4 Å². The summed E-state index contributed by atoms with van der Waals surface area (Å²) in [5, 5.41) is 20.4. The summed E-state index contributed by atoms with van der Waals surface area (Å²) in [4.78, 5) is 25.6. The van der Waals surface area contributed by atoms with Crippen LogP contribution < -0.4 is 4.74 Å². The topological polar surface area (TPSA) is 87.1 Å². The van der Waals surface area contributed by atoms with Gasteiger partial charge in [-0.1, -0.05) is 83.2 Å². The maximum Gasteiger partial charge on any atom is 0.430 e. The molecule has 0 bridgehead atoms. The molecule has 0 radical (unpaired) electrons. The molecule has 51 heavy (non-hydrogen) atoms. The molecule has 282 valence electrons. The molecule has 6 nitrogen and oxygen atoms in total. The number of hydrogen-bond acceptors (Lipinski definition) is 5. The number of aromatic hydroxyl groups is 1. The van der Waals surface area contributed by atoms with E-state index in [1.165, 1.54) is 12.2 Å². The summed E-state index contributed by atoms with van der Waals surface area (Å²) in [7, 11) is 0. The molecule has 0 aliphatic heterocycles. The molecule has 0 saturated heterocycles. The third kappa shape index (κ3) is 10.6. The Kier molecular flexibility index (Phi) is 15.2. The SMILES string of the molecule is C=Cc1ccc(C(/C=C\C(=O)N(C=O)CCCCOc2c(CCC)cc(C(O)(C(F)(F)F)C(F)(F)F)cc2CCC2CCCCC2)CC)cc1O. The largest absolute Gasteiger partial charge is 0.507 e. The number of halogens is 6. The van der Waals surface area contributed by atoms with E-state index in [9.17, 15) is 46.1 Å². The number of aryl methyl sites for hydroxylation is 2. The maximum absolute atomic E-state index is 13.9. The number of nitrogens with zero attached hydrogens (tertiary/aromatic N) is 1. The van der Waals surface area contributed by atoms with Crippen molar-refractivity contribution in [3.8, 4) is 11.5 Å². The van der Waals surface area contributed by atoms with Crippen LogP contribution in [0.25, 0.3) is 6.08 Å². The zero-order valence-electron chi connectivity index (χ0n) is 29.3. The number of benzene rings is 2. The number of phenols is 1. The number of aliphatic hydroxyl groups is 1. The highest BCUT2D eigenvalue weighted by Crippen LogP contribution is 2.51. The Hall–Kier alpha value is -3.80. The van der Waals surface area contributed by atoms with Crippen molar-refractivity contribution in [3.05, 3.63) is 76.9 Å². The number of amides is 2. The molecule has 12 heteroatoms.